The summed E-state index contributed by atoms with van der Waals surface area (Å²) in [5, 5.41) is 14.7. The van der Waals surface area contributed by atoms with Crippen molar-refractivity contribution < 1.29 is 57.3 Å². The highest BCUT2D eigenvalue weighted by molar-refractivity contribution is 6.49. The van der Waals surface area contributed by atoms with Crippen molar-refractivity contribution >= 4 is 31.2 Å². The Balaban J connectivity index is 1.25. The Morgan fingerprint density at radius 2 is 1.54 bits per heavy atom. The maximum Gasteiger partial charge on any atom is 0.514 e. The van der Waals surface area contributed by atoms with Crippen LogP contribution in [0.5, 0.6) is 11.5 Å². The van der Waals surface area contributed by atoms with E-state index < -0.39 is 59.7 Å². The number of benzene rings is 1. The third-order valence-corrected chi connectivity index (χ3v) is 12.3. The van der Waals surface area contributed by atoms with Crippen molar-refractivity contribution in [1.82, 2.24) is 15.5 Å². The summed E-state index contributed by atoms with van der Waals surface area (Å²) >= 11 is 0. The number of alkyl carbamates (subject to hydrolysis) is 1. The van der Waals surface area contributed by atoms with E-state index >= 15 is 0 Å². The molecule has 59 heavy (non-hydrogen) atoms. The number of nitrogens with one attached hydrogen (secondary N) is 2. The lowest BCUT2D eigenvalue weighted by molar-refractivity contribution is -0.199. The third kappa shape index (κ3) is 9.81. The number of hydrogen-bond acceptors (Lipinski definition) is 13. The summed E-state index contributed by atoms with van der Waals surface area (Å²) in [6.07, 6.45) is 0.630. The quantitative estimate of drug-likeness (QED) is 0.0968. The molecule has 6 fully saturated rings. The van der Waals surface area contributed by atoms with Gasteiger partial charge in [0.25, 0.3) is 0 Å². The van der Waals surface area contributed by atoms with Gasteiger partial charge in [0.15, 0.2) is 5.75 Å². The van der Waals surface area contributed by atoms with Gasteiger partial charge in [-0.15, -0.1) is 0 Å². The zero-order valence-corrected chi connectivity index (χ0v) is 37.2. The monoisotopic (exact) mass is 827 g/mol. The number of hydrogen-bond donors (Lipinski definition) is 3. The van der Waals surface area contributed by atoms with E-state index in [0.717, 1.165) is 12.8 Å². The van der Waals surface area contributed by atoms with Crippen LogP contribution in [0.4, 0.5) is 9.59 Å². The topological polar surface area (TPSA) is 180 Å². The van der Waals surface area contributed by atoms with Crippen LogP contribution in [0.25, 0.3) is 0 Å². The number of likely N-dealkylation sites (tertiary alicyclic amines) is 1. The first-order valence-electron chi connectivity index (χ1n) is 21.1. The molecule has 4 saturated carbocycles. The van der Waals surface area contributed by atoms with Gasteiger partial charge >= 0.3 is 25.3 Å². The summed E-state index contributed by atoms with van der Waals surface area (Å²) in [5.74, 6) is -0.219. The minimum atomic E-state index is -1.42. The number of amides is 2. The van der Waals surface area contributed by atoms with Crippen molar-refractivity contribution in [2.24, 2.45) is 17.3 Å². The largest absolute Gasteiger partial charge is 0.514 e. The molecule has 2 bridgehead atoms. The number of nitrogens with zero attached hydrogens (tertiary/aromatic N) is 1. The number of aliphatic hydroxyl groups is 1. The predicted molar refractivity (Wildman–Crippen MR) is 218 cm³/mol. The average Bonchev–Trinajstić information content (AvgIpc) is 3.76. The standard InChI is InChI=1S/C43H66BN3O12/c1-38(2,3)55-34(49)32-29(53-25-21-47(22-25)23-42(12,35(50)45-16-17-48)46-36(51)56-39(4,5)6)15-14-26(33(32)54-37(52)57-40(7,8)9)27-20-28(27)44-58-31-19-24-18-30(41(24,10)11)43(31,13)59-44/h14-15,24-25,27-28,30-31,48H,16-23H2,1-13H3,(H,45,50)(H,46,51)/t24-,27?,28?,30-,31?,42?,43-/m0/s1. The van der Waals surface area contributed by atoms with Crippen LogP contribution in [-0.2, 0) is 28.3 Å². The molecular formula is C43H66BN3O12. The molecule has 1 aromatic rings. The first-order valence-corrected chi connectivity index (χ1v) is 21.1. The zero-order valence-electron chi connectivity index (χ0n) is 37.2. The molecule has 2 saturated heterocycles. The van der Waals surface area contributed by atoms with Crippen LogP contribution in [0.3, 0.4) is 0 Å². The van der Waals surface area contributed by atoms with Gasteiger partial charge in [-0.3, -0.25) is 9.69 Å². The molecule has 7 rings (SSSR count). The summed E-state index contributed by atoms with van der Waals surface area (Å²) in [4.78, 5) is 55.6. The highest BCUT2D eigenvalue weighted by Crippen LogP contribution is 2.68. The van der Waals surface area contributed by atoms with E-state index in [1.54, 1.807) is 75.3 Å². The van der Waals surface area contributed by atoms with E-state index in [-0.39, 0.29) is 65.6 Å². The van der Waals surface area contributed by atoms with Gasteiger partial charge in [0, 0.05) is 32.0 Å². The molecule has 2 amide bonds. The van der Waals surface area contributed by atoms with Gasteiger partial charge in [-0.1, -0.05) is 19.9 Å². The zero-order chi connectivity index (χ0) is 43.7. The molecule has 0 spiro atoms. The van der Waals surface area contributed by atoms with E-state index in [2.05, 4.69) is 31.4 Å². The smallest absolute Gasteiger partial charge is 0.487 e. The molecule has 6 aliphatic rings. The van der Waals surface area contributed by atoms with Crippen molar-refractivity contribution in [3.63, 3.8) is 0 Å². The normalized spacial score (nSPS) is 28.5. The fraction of sp³-hybridized carbons (Fsp3) is 0.767. The molecule has 1 aromatic carbocycles. The van der Waals surface area contributed by atoms with Crippen molar-refractivity contribution in [2.45, 2.75) is 161 Å². The predicted octanol–water partition coefficient (Wildman–Crippen LogP) is 6.00. The highest BCUT2D eigenvalue weighted by atomic mass is 16.7. The van der Waals surface area contributed by atoms with Gasteiger partial charge in [-0.25, -0.2) is 14.4 Å². The lowest BCUT2D eigenvalue weighted by Crippen LogP contribution is -2.67. The van der Waals surface area contributed by atoms with E-state index in [1.165, 1.54) is 0 Å². The molecule has 7 atom stereocenters. The first kappa shape index (κ1) is 44.9. The Labute approximate surface area is 349 Å². The van der Waals surface area contributed by atoms with Crippen LogP contribution >= 0.6 is 0 Å². The van der Waals surface area contributed by atoms with Gasteiger partial charge < -0.3 is 48.7 Å². The minimum absolute atomic E-state index is 0.00866. The van der Waals surface area contributed by atoms with Crippen LogP contribution in [0.1, 0.15) is 131 Å². The molecule has 3 N–H and O–H groups in total. The van der Waals surface area contributed by atoms with E-state index in [0.29, 0.717) is 36.9 Å². The average molecular weight is 828 g/mol. The highest BCUT2D eigenvalue weighted by Gasteiger charge is 2.70. The second-order valence-electron chi connectivity index (χ2n) is 21.1. The molecule has 15 nitrogen and oxygen atoms in total. The number of ether oxygens (including phenoxy) is 5. The number of carbonyl (C=O) groups excluding carboxylic acids is 4. The Morgan fingerprint density at radius 1 is 0.898 bits per heavy atom. The third-order valence-electron chi connectivity index (χ3n) is 12.3. The SMILES string of the molecule is CC(C)(C)OC(=O)NC(C)(CN1CC(Oc2ccc(C3CC3B3OC4C[C@@H]5C[C@@H](C5(C)C)[C@]4(C)O3)c(OC(=O)OC(C)(C)C)c2C(=O)OC(C)(C)C)C1)C(=O)NCCO. The van der Waals surface area contributed by atoms with E-state index in [1.807, 2.05) is 11.0 Å². The molecule has 0 aromatic heterocycles. The second kappa shape index (κ2) is 15.7. The van der Waals surface area contributed by atoms with Gasteiger partial charge in [-0.05, 0) is 130 Å². The maximum absolute atomic E-state index is 14.2. The van der Waals surface area contributed by atoms with Gasteiger partial charge in [0.2, 0.25) is 5.91 Å². The van der Waals surface area contributed by atoms with Crippen LogP contribution in [-0.4, -0.2) is 114 Å². The molecule has 2 aliphatic heterocycles. The lowest BCUT2D eigenvalue weighted by Gasteiger charge is -2.64. The molecular weight excluding hydrogens is 761 g/mol. The molecule has 0 radical (unpaired) electrons. The van der Waals surface area contributed by atoms with Crippen LogP contribution in [0.15, 0.2) is 12.1 Å². The molecule has 328 valence electrons. The summed E-state index contributed by atoms with van der Waals surface area (Å²) in [7, 11) is -0.442. The maximum atomic E-state index is 14.2. The van der Waals surface area contributed by atoms with E-state index in [4.69, 9.17) is 33.0 Å². The molecule has 2 heterocycles. The number of carbonyl (C=O) groups is 4. The molecule has 16 heteroatoms. The number of aliphatic hydroxyl groups excluding tert-OH is 1. The van der Waals surface area contributed by atoms with Crippen molar-refractivity contribution in [3.8, 4) is 11.5 Å². The summed E-state index contributed by atoms with van der Waals surface area (Å²) in [6.45, 7) is 24.6. The lowest BCUT2D eigenvalue weighted by atomic mass is 9.43. The Morgan fingerprint density at radius 3 is 2.14 bits per heavy atom. The Bertz CT molecular complexity index is 1800. The van der Waals surface area contributed by atoms with E-state index in [9.17, 15) is 24.3 Å². The fourth-order valence-corrected chi connectivity index (χ4v) is 9.33. The van der Waals surface area contributed by atoms with Gasteiger partial charge in [0.05, 0.1) is 18.3 Å². The minimum Gasteiger partial charge on any atom is -0.487 e. The van der Waals surface area contributed by atoms with Crippen LogP contribution in [0, 0.1) is 17.3 Å². The van der Waals surface area contributed by atoms with Crippen molar-refractivity contribution in [3.05, 3.63) is 23.3 Å². The number of esters is 1. The van der Waals surface area contributed by atoms with Crippen LogP contribution < -0.4 is 20.1 Å². The first-order chi connectivity index (χ1) is 27.1. The van der Waals surface area contributed by atoms with Crippen LogP contribution in [0.2, 0.25) is 5.82 Å². The Hall–Kier alpha value is -3.60. The summed E-state index contributed by atoms with van der Waals surface area (Å²) in [6, 6.07) is 3.53. The Kier molecular flexibility index (Phi) is 12.0. The summed E-state index contributed by atoms with van der Waals surface area (Å²) in [5.41, 5.74) is -3.57. The molecule has 4 unspecified atom stereocenters. The van der Waals surface area contributed by atoms with Gasteiger partial charge in [0.1, 0.15) is 39.8 Å². The number of rotatable bonds is 12. The van der Waals surface area contributed by atoms with Gasteiger partial charge in [-0.2, -0.15) is 0 Å². The summed E-state index contributed by atoms with van der Waals surface area (Å²) < 4.78 is 42.9. The fourth-order valence-electron chi connectivity index (χ4n) is 9.33. The van der Waals surface area contributed by atoms with Crippen molar-refractivity contribution in [1.29, 1.82) is 0 Å². The second-order valence-corrected chi connectivity index (χ2v) is 21.1. The van der Waals surface area contributed by atoms with Crippen molar-refractivity contribution in [2.75, 3.05) is 32.8 Å². The molecule has 4 aliphatic carbocycles.